The Labute approximate surface area is 263 Å². The Bertz CT molecular complexity index is 1130. The molecule has 3 aromatic rings. The van der Waals surface area contributed by atoms with Crippen LogP contribution in [-0.4, -0.2) is 85.7 Å². The zero-order valence-corrected chi connectivity index (χ0v) is 27.6. The zero-order valence-electron chi connectivity index (χ0n) is 27.6. The summed E-state index contributed by atoms with van der Waals surface area (Å²) in [5.74, 6) is 0.968. The van der Waals surface area contributed by atoms with Gasteiger partial charge in [0.25, 0.3) is 0 Å². The van der Waals surface area contributed by atoms with Gasteiger partial charge in [0.2, 0.25) is 0 Å². The summed E-state index contributed by atoms with van der Waals surface area (Å²) in [5, 5.41) is 1.35. The highest BCUT2D eigenvalue weighted by atomic mass is 16.5. The molecule has 0 atom stereocenters. The van der Waals surface area contributed by atoms with Crippen molar-refractivity contribution in [2.24, 2.45) is 5.73 Å². The second-order valence-corrected chi connectivity index (χ2v) is 11.7. The second-order valence-electron chi connectivity index (χ2n) is 11.7. The fraction of sp³-hybridized carbons (Fsp3) is 0.568. The van der Waals surface area contributed by atoms with Gasteiger partial charge in [0.05, 0.1) is 7.11 Å². The third-order valence-electron chi connectivity index (χ3n) is 8.20. The Morgan fingerprint density at radius 1 is 0.930 bits per heavy atom. The van der Waals surface area contributed by atoms with Crippen molar-refractivity contribution < 1.29 is 4.74 Å². The van der Waals surface area contributed by atoms with Crippen LogP contribution >= 0.6 is 0 Å². The molecule has 0 spiro atoms. The van der Waals surface area contributed by atoms with Crippen molar-refractivity contribution in [2.75, 3.05) is 60.0 Å². The number of hydrogen-bond acceptors (Lipinski definition) is 5. The van der Waals surface area contributed by atoms with Crippen molar-refractivity contribution in [3.63, 3.8) is 0 Å². The molecule has 2 fully saturated rings. The van der Waals surface area contributed by atoms with Gasteiger partial charge >= 0.3 is 0 Å². The third-order valence-corrected chi connectivity index (χ3v) is 8.20. The number of nitrogens with two attached hydrogens (primary N) is 1. The van der Waals surface area contributed by atoms with E-state index in [0.29, 0.717) is 0 Å². The van der Waals surface area contributed by atoms with Gasteiger partial charge in [-0.05, 0) is 96.0 Å². The first-order valence-corrected chi connectivity index (χ1v) is 16.4. The second kappa shape index (κ2) is 21.8. The summed E-state index contributed by atoms with van der Waals surface area (Å²) in [6.07, 6.45) is 20.6. The number of aryl methyl sites for hydroxylation is 1. The monoisotopic (exact) mass is 589 g/mol. The molecule has 6 nitrogen and oxygen atoms in total. The molecule has 3 heterocycles. The molecule has 2 aliphatic heterocycles. The van der Waals surface area contributed by atoms with E-state index in [9.17, 15) is 0 Å². The van der Waals surface area contributed by atoms with Crippen LogP contribution in [0.5, 0.6) is 5.75 Å². The van der Waals surface area contributed by atoms with E-state index in [2.05, 4.69) is 96.0 Å². The molecular weight excluding hydrogens is 530 g/mol. The number of aromatic amines is 1. The van der Waals surface area contributed by atoms with Gasteiger partial charge in [-0.2, -0.15) is 0 Å². The number of terminal acetylenes is 1. The summed E-state index contributed by atoms with van der Waals surface area (Å²) in [5.41, 5.74) is 9.46. The molecule has 6 heteroatoms. The number of rotatable bonds is 10. The zero-order chi connectivity index (χ0) is 31.3. The van der Waals surface area contributed by atoms with Crippen LogP contribution in [0.4, 0.5) is 0 Å². The van der Waals surface area contributed by atoms with Crippen LogP contribution in [0.3, 0.4) is 0 Å². The summed E-state index contributed by atoms with van der Waals surface area (Å²) in [7, 11) is 3.90. The highest BCUT2D eigenvalue weighted by Gasteiger charge is 2.24. The number of benzene rings is 2. The lowest BCUT2D eigenvalue weighted by Crippen LogP contribution is -2.47. The Morgan fingerprint density at radius 2 is 1.58 bits per heavy atom. The molecule has 3 N–H and O–H groups in total. The minimum atomic E-state index is 0.814. The molecule has 43 heavy (non-hydrogen) atoms. The van der Waals surface area contributed by atoms with Crippen LogP contribution in [0, 0.1) is 12.8 Å². The first-order valence-electron chi connectivity index (χ1n) is 16.4. The number of aromatic nitrogens is 1. The number of fused-ring (bicyclic) bond motifs is 1. The number of nitrogens with one attached hydrogen (secondary N) is 1. The van der Waals surface area contributed by atoms with Crippen LogP contribution in [0.1, 0.15) is 69.9 Å². The van der Waals surface area contributed by atoms with E-state index in [1.165, 1.54) is 86.7 Å². The molecule has 5 rings (SSSR count). The van der Waals surface area contributed by atoms with Crippen molar-refractivity contribution in [2.45, 2.75) is 77.8 Å². The molecule has 2 aromatic carbocycles. The Kier molecular flexibility index (Phi) is 18.4. The van der Waals surface area contributed by atoms with Gasteiger partial charge in [-0.15, -0.1) is 12.8 Å². The molecule has 2 aliphatic rings. The van der Waals surface area contributed by atoms with E-state index in [4.69, 9.17) is 10.5 Å². The van der Waals surface area contributed by atoms with E-state index in [1.807, 2.05) is 12.1 Å². The normalized spacial score (nSPS) is 15.9. The lowest BCUT2D eigenvalue weighted by Gasteiger charge is -2.40. The van der Waals surface area contributed by atoms with Gasteiger partial charge in [-0.3, -0.25) is 0 Å². The van der Waals surface area contributed by atoms with Crippen LogP contribution < -0.4 is 10.5 Å². The fourth-order valence-electron chi connectivity index (χ4n) is 6.06. The number of hydrogen-bond donors (Lipinski definition) is 2. The van der Waals surface area contributed by atoms with E-state index >= 15 is 0 Å². The number of piperidine rings is 2. The summed E-state index contributed by atoms with van der Waals surface area (Å²) in [4.78, 5) is 10.9. The Morgan fingerprint density at radius 3 is 2.26 bits per heavy atom. The maximum Gasteiger partial charge on any atom is 0.123 e. The van der Waals surface area contributed by atoms with E-state index in [-0.39, 0.29) is 0 Å². The minimum absolute atomic E-state index is 0.814. The SMILES string of the molecule is C#C.CCC.COc1ccccc1CN(C)CCCc1c[nH]c2ccccc12.NCCN1CCC(N2CCCCC2)CC1. The first-order chi connectivity index (χ1) is 21.1. The van der Waals surface area contributed by atoms with Gasteiger partial charge in [0.15, 0.2) is 0 Å². The average Bonchev–Trinajstić information content (AvgIpc) is 3.47. The molecule has 0 bridgehead atoms. The predicted molar refractivity (Wildman–Crippen MR) is 186 cm³/mol. The van der Waals surface area contributed by atoms with Gasteiger partial charge in [-0.25, -0.2) is 0 Å². The fourth-order valence-corrected chi connectivity index (χ4v) is 6.06. The number of methoxy groups -OCH3 is 1. The van der Waals surface area contributed by atoms with Crippen molar-refractivity contribution in [3.05, 3.63) is 65.9 Å². The van der Waals surface area contributed by atoms with Gasteiger partial charge < -0.3 is 30.2 Å². The van der Waals surface area contributed by atoms with Crippen molar-refractivity contribution in [1.29, 1.82) is 0 Å². The number of nitrogens with zero attached hydrogens (tertiary/aromatic N) is 3. The molecule has 2 saturated heterocycles. The van der Waals surface area contributed by atoms with Crippen LogP contribution in [0.15, 0.2) is 54.7 Å². The van der Waals surface area contributed by atoms with Crippen LogP contribution in [0.2, 0.25) is 0 Å². The third kappa shape index (κ3) is 12.7. The maximum absolute atomic E-state index is 5.58. The molecule has 1 aromatic heterocycles. The molecule has 0 saturated carbocycles. The minimum Gasteiger partial charge on any atom is -0.496 e. The first kappa shape index (κ1) is 36.4. The molecule has 0 unspecified atom stereocenters. The van der Waals surface area contributed by atoms with E-state index in [0.717, 1.165) is 50.8 Å². The Hall–Kier alpha value is -2.82. The number of para-hydroxylation sites is 2. The molecule has 0 amide bonds. The summed E-state index contributed by atoms with van der Waals surface area (Å²) in [6.45, 7) is 13.4. The van der Waals surface area contributed by atoms with E-state index in [1.54, 1.807) is 7.11 Å². The highest BCUT2D eigenvalue weighted by molar-refractivity contribution is 5.82. The molecular formula is C37H59N5O. The number of ether oxygens (including phenoxy) is 1. The van der Waals surface area contributed by atoms with E-state index < -0.39 is 0 Å². The molecule has 0 aliphatic carbocycles. The summed E-state index contributed by atoms with van der Waals surface area (Å²) in [6, 6.07) is 17.6. The van der Waals surface area contributed by atoms with Gasteiger partial charge in [0, 0.05) is 48.3 Å². The summed E-state index contributed by atoms with van der Waals surface area (Å²) >= 11 is 0. The number of H-pyrrole nitrogens is 1. The maximum atomic E-state index is 5.58. The van der Waals surface area contributed by atoms with Gasteiger partial charge in [0.1, 0.15) is 5.75 Å². The Balaban J connectivity index is 0.000000278. The highest BCUT2D eigenvalue weighted by Crippen LogP contribution is 2.22. The lowest BCUT2D eigenvalue weighted by atomic mass is 10.00. The smallest absolute Gasteiger partial charge is 0.123 e. The van der Waals surface area contributed by atoms with Crippen LogP contribution in [-0.2, 0) is 13.0 Å². The topological polar surface area (TPSA) is 60.8 Å². The summed E-state index contributed by atoms with van der Waals surface area (Å²) < 4.78 is 5.43. The average molecular weight is 590 g/mol. The lowest BCUT2D eigenvalue weighted by molar-refractivity contribution is 0.0939. The number of likely N-dealkylation sites (tertiary alicyclic amines) is 2. The van der Waals surface area contributed by atoms with Gasteiger partial charge in [-0.1, -0.05) is 63.1 Å². The quantitative estimate of drug-likeness (QED) is 0.255. The van der Waals surface area contributed by atoms with Crippen LogP contribution in [0.25, 0.3) is 10.9 Å². The molecule has 0 radical (unpaired) electrons. The standard InChI is InChI=1S/C20H24N2O.C12H25N3.C3H8.C2H2/c1-22(15-17-8-3-6-12-20(17)23-2)13-7-9-16-14-21-19-11-5-4-10-18(16)19;13-6-11-14-9-4-12(5-10-14)15-7-2-1-3-8-15;1-3-2;1-2/h3-6,8,10-12,14,21H,7,9,13,15H2,1-2H3;12H,1-11,13H2;3H2,1-2H3;1-2H. The molecule has 238 valence electrons. The predicted octanol–water partition coefficient (Wildman–Crippen LogP) is 6.80. The van der Waals surface area contributed by atoms with Crippen molar-refractivity contribution in [1.82, 2.24) is 19.7 Å². The largest absolute Gasteiger partial charge is 0.496 e. The van der Waals surface area contributed by atoms with Crippen molar-refractivity contribution in [3.8, 4) is 18.6 Å². The van der Waals surface area contributed by atoms with Crippen molar-refractivity contribution >= 4 is 10.9 Å².